The summed E-state index contributed by atoms with van der Waals surface area (Å²) < 4.78 is 4.54. The molecule has 0 radical (unpaired) electrons. The fourth-order valence-electron chi connectivity index (χ4n) is 1.46. The minimum Gasteiger partial charge on any atom is -0.409 e. The topological polar surface area (TPSA) is 130 Å². The van der Waals surface area contributed by atoms with E-state index in [0.29, 0.717) is 10.8 Å². The molecule has 0 amide bonds. The second kappa shape index (κ2) is 5.57. The summed E-state index contributed by atoms with van der Waals surface area (Å²) in [5.41, 5.74) is 7.04. The van der Waals surface area contributed by atoms with Gasteiger partial charge in [-0.3, -0.25) is 4.79 Å². The lowest BCUT2D eigenvalue weighted by Crippen LogP contribution is -2.14. The number of pyridine rings is 1. The van der Waals surface area contributed by atoms with Crippen molar-refractivity contribution < 1.29 is 9.84 Å². The van der Waals surface area contributed by atoms with Crippen molar-refractivity contribution in [2.75, 3.05) is 0 Å². The lowest BCUT2D eigenvalue weighted by Gasteiger charge is -2.01. The van der Waals surface area contributed by atoms with Crippen molar-refractivity contribution >= 4 is 17.6 Å². The average molecular weight is 281 g/mol. The van der Waals surface area contributed by atoms with Gasteiger partial charge in [0.25, 0.3) is 0 Å². The SMILES string of the molecule is Cc1cc(CSc2nonc2/C(N)=N/O)[nH]c(=O)c1. The second-order valence-electron chi connectivity index (χ2n) is 3.74. The van der Waals surface area contributed by atoms with Crippen LogP contribution in [0, 0.1) is 6.92 Å². The molecule has 0 aromatic carbocycles. The number of nitrogens with zero attached hydrogens (tertiary/aromatic N) is 3. The van der Waals surface area contributed by atoms with E-state index in [1.54, 1.807) is 0 Å². The van der Waals surface area contributed by atoms with Crippen molar-refractivity contribution in [1.82, 2.24) is 15.3 Å². The average Bonchev–Trinajstić information content (AvgIpc) is 2.82. The van der Waals surface area contributed by atoms with Gasteiger partial charge in [0.2, 0.25) is 5.56 Å². The summed E-state index contributed by atoms with van der Waals surface area (Å²) in [6.07, 6.45) is 0. The minimum absolute atomic E-state index is 0.162. The van der Waals surface area contributed by atoms with Crippen molar-refractivity contribution in [2.24, 2.45) is 10.9 Å². The largest absolute Gasteiger partial charge is 0.409 e. The Hall–Kier alpha value is -2.29. The standard InChI is InChI=1S/C10H11N5O3S/c1-5-2-6(12-7(16)3-5)4-19-10-8(9(11)13-17)14-18-15-10/h2-3,17H,4H2,1H3,(H2,11,13)(H,12,16). The van der Waals surface area contributed by atoms with E-state index < -0.39 is 0 Å². The first kappa shape index (κ1) is 13.1. The molecule has 0 spiro atoms. The third-order valence-electron chi connectivity index (χ3n) is 2.22. The highest BCUT2D eigenvalue weighted by molar-refractivity contribution is 7.98. The third-order valence-corrected chi connectivity index (χ3v) is 3.21. The summed E-state index contributed by atoms with van der Waals surface area (Å²) in [5.74, 6) is 0.276. The van der Waals surface area contributed by atoms with Crippen LogP contribution in [0.3, 0.4) is 0 Å². The smallest absolute Gasteiger partial charge is 0.248 e. The Balaban J connectivity index is 2.15. The number of aryl methyl sites for hydroxylation is 1. The number of hydrogen-bond acceptors (Lipinski definition) is 7. The summed E-state index contributed by atoms with van der Waals surface area (Å²) in [4.78, 5) is 14.0. The highest BCUT2D eigenvalue weighted by atomic mass is 32.2. The quantitative estimate of drug-likeness (QED) is 0.244. The summed E-state index contributed by atoms with van der Waals surface area (Å²) in [6, 6.07) is 3.36. The van der Waals surface area contributed by atoms with Gasteiger partial charge in [-0.25, -0.2) is 4.63 Å². The molecule has 2 aromatic rings. The van der Waals surface area contributed by atoms with Crippen molar-refractivity contribution in [3.8, 4) is 0 Å². The van der Waals surface area contributed by atoms with Crippen molar-refractivity contribution in [3.63, 3.8) is 0 Å². The molecule has 0 unspecified atom stereocenters. The van der Waals surface area contributed by atoms with Gasteiger partial charge in [-0.2, -0.15) is 0 Å². The van der Waals surface area contributed by atoms with Gasteiger partial charge in [0.15, 0.2) is 16.6 Å². The second-order valence-corrected chi connectivity index (χ2v) is 4.70. The first-order valence-corrected chi connectivity index (χ1v) is 6.22. The predicted octanol–water partition coefficient (Wildman–Crippen LogP) is 0.453. The van der Waals surface area contributed by atoms with E-state index in [2.05, 4.69) is 25.1 Å². The minimum atomic E-state index is -0.179. The van der Waals surface area contributed by atoms with Crippen LogP contribution in [0.5, 0.6) is 0 Å². The predicted molar refractivity (Wildman–Crippen MR) is 68.2 cm³/mol. The molecule has 0 aliphatic rings. The molecule has 0 fully saturated rings. The van der Waals surface area contributed by atoms with Crippen LogP contribution in [0.25, 0.3) is 0 Å². The van der Waals surface area contributed by atoms with Crippen LogP contribution in [0.15, 0.2) is 31.7 Å². The zero-order valence-electron chi connectivity index (χ0n) is 9.95. The maximum absolute atomic E-state index is 11.3. The number of H-pyrrole nitrogens is 1. The maximum Gasteiger partial charge on any atom is 0.248 e. The molecule has 2 rings (SSSR count). The fraction of sp³-hybridized carbons (Fsp3) is 0.200. The van der Waals surface area contributed by atoms with Crippen molar-refractivity contribution in [3.05, 3.63) is 39.4 Å². The monoisotopic (exact) mass is 281 g/mol. The first-order valence-electron chi connectivity index (χ1n) is 5.23. The van der Waals surface area contributed by atoms with E-state index in [9.17, 15) is 4.79 Å². The van der Waals surface area contributed by atoms with E-state index in [1.807, 2.05) is 13.0 Å². The molecule has 0 aliphatic carbocycles. The van der Waals surface area contributed by atoms with Gasteiger partial charge >= 0.3 is 0 Å². The molecule has 0 aliphatic heterocycles. The molecule has 8 nitrogen and oxygen atoms in total. The van der Waals surface area contributed by atoms with E-state index in [-0.39, 0.29) is 17.1 Å². The molecule has 0 atom stereocenters. The van der Waals surface area contributed by atoms with Crippen molar-refractivity contribution in [1.29, 1.82) is 0 Å². The molecule has 0 saturated heterocycles. The summed E-state index contributed by atoms with van der Waals surface area (Å²) >= 11 is 1.26. The number of aromatic nitrogens is 3. The zero-order chi connectivity index (χ0) is 13.8. The van der Waals surface area contributed by atoms with Crippen LogP contribution in [0.2, 0.25) is 0 Å². The Kier molecular flexibility index (Phi) is 3.85. The summed E-state index contributed by atoms with van der Waals surface area (Å²) in [6.45, 7) is 1.84. The van der Waals surface area contributed by atoms with E-state index >= 15 is 0 Å². The summed E-state index contributed by atoms with van der Waals surface area (Å²) in [5, 5.41) is 19.0. The van der Waals surface area contributed by atoms with Crippen LogP contribution in [-0.4, -0.2) is 26.3 Å². The number of nitrogens with two attached hydrogens (primary N) is 1. The Morgan fingerprint density at radius 2 is 2.37 bits per heavy atom. The molecular formula is C10H11N5O3S. The molecule has 2 aromatic heterocycles. The van der Waals surface area contributed by atoms with Gasteiger partial charge < -0.3 is 15.9 Å². The van der Waals surface area contributed by atoms with E-state index in [4.69, 9.17) is 10.9 Å². The molecule has 19 heavy (non-hydrogen) atoms. The van der Waals surface area contributed by atoms with E-state index in [1.165, 1.54) is 17.8 Å². The molecule has 0 bridgehead atoms. The first-order chi connectivity index (χ1) is 9.10. The zero-order valence-corrected chi connectivity index (χ0v) is 10.8. The lowest BCUT2D eigenvalue weighted by atomic mass is 10.2. The number of amidine groups is 1. The van der Waals surface area contributed by atoms with Crippen molar-refractivity contribution in [2.45, 2.75) is 17.7 Å². The molecule has 0 saturated carbocycles. The Bertz CT molecular complexity index is 663. The van der Waals surface area contributed by atoms with Gasteiger partial charge in [0, 0.05) is 17.5 Å². The molecular weight excluding hydrogens is 270 g/mol. The number of nitrogens with one attached hydrogen (secondary N) is 1. The van der Waals surface area contributed by atoms with Gasteiger partial charge in [-0.15, -0.1) is 0 Å². The highest BCUT2D eigenvalue weighted by Crippen LogP contribution is 2.22. The van der Waals surface area contributed by atoms with Gasteiger partial charge in [0.05, 0.1) is 0 Å². The van der Waals surface area contributed by atoms with Gasteiger partial charge in [-0.05, 0) is 28.9 Å². The fourth-order valence-corrected chi connectivity index (χ4v) is 2.27. The molecule has 2 heterocycles. The Morgan fingerprint density at radius 1 is 1.58 bits per heavy atom. The molecule has 4 N–H and O–H groups in total. The molecule has 9 heteroatoms. The number of thioether (sulfide) groups is 1. The third kappa shape index (κ3) is 3.13. The molecule has 100 valence electrons. The van der Waals surface area contributed by atoms with Crippen LogP contribution < -0.4 is 11.3 Å². The van der Waals surface area contributed by atoms with Crippen LogP contribution in [0.1, 0.15) is 17.0 Å². The maximum atomic E-state index is 11.3. The number of oxime groups is 1. The van der Waals surface area contributed by atoms with E-state index in [0.717, 1.165) is 11.3 Å². The van der Waals surface area contributed by atoms with Crippen LogP contribution in [-0.2, 0) is 5.75 Å². The normalized spacial score (nSPS) is 11.7. The Morgan fingerprint density at radius 3 is 3.05 bits per heavy atom. The van der Waals surface area contributed by atoms with Crippen LogP contribution in [0.4, 0.5) is 0 Å². The Labute approximate surface area is 111 Å². The summed E-state index contributed by atoms with van der Waals surface area (Å²) in [7, 11) is 0. The number of hydrogen-bond donors (Lipinski definition) is 3. The number of rotatable bonds is 4. The number of aromatic amines is 1. The van der Waals surface area contributed by atoms with Crippen LogP contribution >= 0.6 is 11.8 Å². The lowest BCUT2D eigenvalue weighted by molar-refractivity contribution is 0.296. The van der Waals surface area contributed by atoms with Gasteiger partial charge in [0.1, 0.15) is 0 Å². The highest BCUT2D eigenvalue weighted by Gasteiger charge is 2.15. The van der Waals surface area contributed by atoms with Gasteiger partial charge in [-0.1, -0.05) is 16.9 Å².